The summed E-state index contributed by atoms with van der Waals surface area (Å²) in [4.78, 5) is 14.4. The van der Waals surface area contributed by atoms with E-state index in [2.05, 4.69) is 219 Å². The van der Waals surface area contributed by atoms with Gasteiger partial charge in [-0.1, -0.05) is 133 Å². The molecule has 294 valence electrons. The molecule has 0 bridgehead atoms. The van der Waals surface area contributed by atoms with Gasteiger partial charge in [-0.3, -0.25) is 0 Å². The topological polar surface area (TPSA) is 53.5 Å². The molecule has 0 aliphatic heterocycles. The minimum atomic E-state index is 0.931. The summed E-state index contributed by atoms with van der Waals surface area (Å²) in [6.07, 6.45) is 3.55. The first kappa shape index (κ1) is 35.2. The number of aromatic nitrogens is 6. The van der Waals surface area contributed by atoms with E-state index in [1.54, 1.807) is 6.33 Å². The number of pyridine rings is 1. The summed E-state index contributed by atoms with van der Waals surface area (Å²) in [5.74, 6) is 0. The predicted molar refractivity (Wildman–Crippen MR) is 259 cm³/mol. The molecule has 6 nitrogen and oxygen atoms in total. The lowest BCUT2D eigenvalue weighted by Crippen LogP contribution is -1.98. The van der Waals surface area contributed by atoms with E-state index in [-0.39, 0.29) is 0 Å². The maximum atomic E-state index is 5.21. The Hall–Kier alpha value is -8.61. The molecule has 6 heteroatoms. The summed E-state index contributed by atoms with van der Waals surface area (Å²) in [6.45, 7) is 0. The first-order valence-electron chi connectivity index (χ1n) is 21.3. The molecule has 0 aliphatic rings. The molecule has 0 spiro atoms. The Labute approximate surface area is 362 Å². The van der Waals surface area contributed by atoms with Gasteiger partial charge in [0.2, 0.25) is 0 Å². The molecule has 63 heavy (non-hydrogen) atoms. The molecular weight excluding hydrogens is 769 g/mol. The van der Waals surface area contributed by atoms with E-state index in [0.29, 0.717) is 0 Å². The van der Waals surface area contributed by atoms with Gasteiger partial charge in [0.05, 0.1) is 61.9 Å². The standard InChI is InChI=1S/C57H36N6/c1-4-14-37(15-5-1)49-33-43(34-50(60-49)38-16-6-2-7-17-38)63-51-22-12-10-20-44(51)46-27-24-40(31-55(46)63)39-25-28-53-47(30-39)45-21-11-13-23-52(45)62(53)42-26-29-54-48(32-42)57-56(35-58-36-59-57)61(54)41-18-8-3-9-19-41/h1-36H. The molecule has 0 saturated heterocycles. The molecule has 0 radical (unpaired) electrons. The van der Waals surface area contributed by atoms with E-state index < -0.39 is 0 Å². The molecule has 0 amide bonds. The number of fused-ring (bicyclic) bond motifs is 9. The van der Waals surface area contributed by atoms with Gasteiger partial charge < -0.3 is 13.7 Å². The largest absolute Gasteiger partial charge is 0.309 e. The normalized spacial score (nSPS) is 11.8. The Balaban J connectivity index is 0.990. The number of benzene rings is 8. The molecular formula is C57H36N6. The zero-order chi connectivity index (χ0) is 41.4. The SMILES string of the molecule is c1ccc(-c2cc(-n3c4ccccc4c4ccc(-c5ccc6c(c5)c5ccccc5n6-c5ccc6c(c5)c5ncncc5n6-c5ccccc5)cc43)cc(-c3ccccc3)n2)cc1. The maximum Gasteiger partial charge on any atom is 0.116 e. The molecule has 0 unspecified atom stereocenters. The van der Waals surface area contributed by atoms with Crippen molar-refractivity contribution >= 4 is 65.5 Å². The van der Waals surface area contributed by atoms with Gasteiger partial charge in [-0.05, 0) is 83.9 Å². The van der Waals surface area contributed by atoms with Crippen LogP contribution in [0.25, 0.3) is 116 Å². The summed E-state index contributed by atoms with van der Waals surface area (Å²) in [6, 6.07) is 73.9. The number of nitrogens with zero attached hydrogens (tertiary/aromatic N) is 6. The van der Waals surface area contributed by atoms with Crippen LogP contribution in [0.4, 0.5) is 0 Å². The van der Waals surface area contributed by atoms with Crippen molar-refractivity contribution in [2.75, 3.05) is 0 Å². The van der Waals surface area contributed by atoms with Crippen molar-refractivity contribution in [3.8, 4) is 50.7 Å². The fourth-order valence-corrected chi connectivity index (χ4v) is 9.74. The Morgan fingerprint density at radius 1 is 0.302 bits per heavy atom. The maximum absolute atomic E-state index is 5.21. The van der Waals surface area contributed by atoms with Gasteiger partial charge in [-0.25, -0.2) is 15.0 Å². The van der Waals surface area contributed by atoms with Crippen molar-refractivity contribution in [2.24, 2.45) is 0 Å². The van der Waals surface area contributed by atoms with E-state index in [0.717, 1.165) is 94.7 Å². The molecule has 0 aliphatic carbocycles. The van der Waals surface area contributed by atoms with Crippen LogP contribution in [-0.2, 0) is 0 Å². The van der Waals surface area contributed by atoms with E-state index >= 15 is 0 Å². The Morgan fingerprint density at radius 3 is 1.54 bits per heavy atom. The van der Waals surface area contributed by atoms with E-state index in [9.17, 15) is 0 Å². The summed E-state index contributed by atoms with van der Waals surface area (Å²) in [5, 5.41) is 5.92. The minimum Gasteiger partial charge on any atom is -0.309 e. The molecule has 8 aromatic carbocycles. The quantitative estimate of drug-likeness (QED) is 0.168. The van der Waals surface area contributed by atoms with Crippen LogP contribution < -0.4 is 0 Å². The smallest absolute Gasteiger partial charge is 0.116 e. The molecule has 0 atom stereocenters. The highest BCUT2D eigenvalue weighted by Gasteiger charge is 2.20. The van der Waals surface area contributed by atoms with Crippen LogP contribution in [0.3, 0.4) is 0 Å². The van der Waals surface area contributed by atoms with Crippen LogP contribution in [0.5, 0.6) is 0 Å². The third-order valence-corrected chi connectivity index (χ3v) is 12.6. The average molecular weight is 805 g/mol. The molecule has 5 aromatic heterocycles. The fraction of sp³-hybridized carbons (Fsp3) is 0. The van der Waals surface area contributed by atoms with Crippen molar-refractivity contribution in [1.82, 2.24) is 28.7 Å². The van der Waals surface area contributed by atoms with Gasteiger partial charge >= 0.3 is 0 Å². The van der Waals surface area contributed by atoms with Crippen LogP contribution in [0.1, 0.15) is 0 Å². The molecule has 5 heterocycles. The van der Waals surface area contributed by atoms with E-state index in [4.69, 9.17) is 9.97 Å². The lowest BCUT2D eigenvalue weighted by atomic mass is 10.0. The number of hydrogen-bond donors (Lipinski definition) is 0. The highest BCUT2D eigenvalue weighted by Crippen LogP contribution is 2.40. The zero-order valence-electron chi connectivity index (χ0n) is 34.0. The third kappa shape index (κ3) is 5.55. The van der Waals surface area contributed by atoms with Crippen molar-refractivity contribution in [2.45, 2.75) is 0 Å². The zero-order valence-corrected chi connectivity index (χ0v) is 34.0. The Bertz CT molecular complexity index is 3840. The van der Waals surface area contributed by atoms with E-state index in [1.165, 1.54) is 21.5 Å². The van der Waals surface area contributed by atoms with Gasteiger partial charge in [0, 0.05) is 49.4 Å². The van der Waals surface area contributed by atoms with Crippen molar-refractivity contribution < 1.29 is 0 Å². The second-order valence-electron chi connectivity index (χ2n) is 16.1. The van der Waals surface area contributed by atoms with Crippen molar-refractivity contribution in [3.63, 3.8) is 0 Å². The van der Waals surface area contributed by atoms with Crippen LogP contribution in [0, 0.1) is 0 Å². The molecule has 0 N–H and O–H groups in total. The van der Waals surface area contributed by atoms with Gasteiger partial charge in [0.25, 0.3) is 0 Å². The van der Waals surface area contributed by atoms with Gasteiger partial charge in [0.15, 0.2) is 0 Å². The molecule has 0 fully saturated rings. The summed E-state index contributed by atoms with van der Waals surface area (Å²) < 4.78 is 7.05. The summed E-state index contributed by atoms with van der Waals surface area (Å²) in [7, 11) is 0. The van der Waals surface area contributed by atoms with Crippen LogP contribution in [0.2, 0.25) is 0 Å². The van der Waals surface area contributed by atoms with E-state index in [1.807, 2.05) is 12.3 Å². The molecule has 13 rings (SSSR count). The fourth-order valence-electron chi connectivity index (χ4n) is 9.74. The molecule has 0 saturated carbocycles. The lowest BCUT2D eigenvalue weighted by Gasteiger charge is -2.14. The van der Waals surface area contributed by atoms with Crippen molar-refractivity contribution in [1.29, 1.82) is 0 Å². The third-order valence-electron chi connectivity index (χ3n) is 12.6. The second-order valence-corrected chi connectivity index (χ2v) is 16.1. The highest BCUT2D eigenvalue weighted by atomic mass is 15.0. The van der Waals surface area contributed by atoms with Crippen LogP contribution in [0.15, 0.2) is 219 Å². The Morgan fingerprint density at radius 2 is 0.825 bits per heavy atom. The summed E-state index contributed by atoms with van der Waals surface area (Å²) in [5.41, 5.74) is 17.2. The first-order valence-corrected chi connectivity index (χ1v) is 21.3. The first-order chi connectivity index (χ1) is 31.2. The number of rotatable bonds is 6. The monoisotopic (exact) mass is 804 g/mol. The second kappa shape index (κ2) is 14.0. The predicted octanol–water partition coefficient (Wildman–Crippen LogP) is 14.2. The summed E-state index contributed by atoms with van der Waals surface area (Å²) >= 11 is 0. The van der Waals surface area contributed by atoms with Crippen LogP contribution >= 0.6 is 0 Å². The van der Waals surface area contributed by atoms with Gasteiger partial charge in [-0.15, -0.1) is 0 Å². The van der Waals surface area contributed by atoms with Gasteiger partial charge in [0.1, 0.15) is 6.33 Å². The average Bonchev–Trinajstić information content (AvgIpc) is 3.99. The Kier molecular flexibility index (Phi) is 7.80. The van der Waals surface area contributed by atoms with Crippen molar-refractivity contribution in [3.05, 3.63) is 219 Å². The number of hydrogen-bond acceptors (Lipinski definition) is 3. The minimum absolute atomic E-state index is 0.931. The van der Waals surface area contributed by atoms with Gasteiger partial charge in [-0.2, -0.15) is 0 Å². The lowest BCUT2D eigenvalue weighted by molar-refractivity contribution is 1.14. The highest BCUT2D eigenvalue weighted by molar-refractivity contribution is 6.13. The number of para-hydroxylation sites is 3. The van der Waals surface area contributed by atoms with Crippen LogP contribution in [-0.4, -0.2) is 28.7 Å². The molecule has 13 aromatic rings.